The summed E-state index contributed by atoms with van der Waals surface area (Å²) in [4.78, 5) is 10.8. The van der Waals surface area contributed by atoms with Crippen LogP contribution in [-0.4, -0.2) is 17.1 Å². The van der Waals surface area contributed by atoms with Crippen LogP contribution in [0.15, 0.2) is 12.1 Å². The van der Waals surface area contributed by atoms with E-state index < -0.39 is 18.9 Å². The van der Waals surface area contributed by atoms with Crippen LogP contribution in [0.2, 0.25) is 5.02 Å². The molecular formula is C13H18Cl2NO4P. The van der Waals surface area contributed by atoms with E-state index in [4.69, 9.17) is 32.5 Å². The van der Waals surface area contributed by atoms with Crippen molar-refractivity contribution in [3.63, 3.8) is 0 Å². The molecule has 118 valence electrons. The Morgan fingerprint density at radius 1 is 1.38 bits per heavy atom. The van der Waals surface area contributed by atoms with E-state index in [1.165, 1.54) is 6.92 Å². The standard InChI is InChI=1S/C13H18Cl2NO4P/c1-7(2)10-6-11(14)8(3)5-12(10)20-21(15,19)16-9(4)13(17)18/h5-7,9H,1-4H3,(H,16,19)(H,17,18)/t9-,21?/m0/s1. The van der Waals surface area contributed by atoms with Crippen LogP contribution < -0.4 is 9.61 Å². The molecule has 0 saturated heterocycles. The maximum absolute atomic E-state index is 12.2. The Labute approximate surface area is 133 Å². The number of nitrogens with one attached hydrogen (secondary N) is 1. The highest BCUT2D eigenvalue weighted by molar-refractivity contribution is 7.84. The number of carbonyl (C=O) groups is 1. The molecule has 0 spiro atoms. The van der Waals surface area contributed by atoms with Crippen molar-refractivity contribution in [1.82, 2.24) is 5.09 Å². The molecule has 0 aliphatic rings. The first-order valence-electron chi connectivity index (χ1n) is 6.33. The topological polar surface area (TPSA) is 75.6 Å². The molecule has 0 fully saturated rings. The van der Waals surface area contributed by atoms with Gasteiger partial charge in [-0.1, -0.05) is 25.4 Å². The van der Waals surface area contributed by atoms with Crippen LogP contribution in [0.25, 0.3) is 0 Å². The molecule has 0 bridgehead atoms. The number of hydrogen-bond acceptors (Lipinski definition) is 3. The summed E-state index contributed by atoms with van der Waals surface area (Å²) >= 11 is 11.9. The molecule has 5 nitrogen and oxygen atoms in total. The molecular weight excluding hydrogens is 336 g/mol. The second-order valence-electron chi connectivity index (χ2n) is 5.05. The van der Waals surface area contributed by atoms with Crippen LogP contribution in [0.3, 0.4) is 0 Å². The van der Waals surface area contributed by atoms with Crippen molar-refractivity contribution in [2.75, 3.05) is 0 Å². The van der Waals surface area contributed by atoms with E-state index in [1.807, 2.05) is 13.8 Å². The fourth-order valence-electron chi connectivity index (χ4n) is 1.64. The van der Waals surface area contributed by atoms with Crippen molar-refractivity contribution in [3.05, 3.63) is 28.3 Å². The first-order valence-corrected chi connectivity index (χ1v) is 9.24. The number of aryl methyl sites for hydroxylation is 1. The summed E-state index contributed by atoms with van der Waals surface area (Å²) in [6.07, 6.45) is 0. The van der Waals surface area contributed by atoms with Gasteiger partial charge in [-0.05, 0) is 43.0 Å². The van der Waals surface area contributed by atoms with Crippen LogP contribution >= 0.6 is 29.7 Å². The van der Waals surface area contributed by atoms with Gasteiger partial charge >= 0.3 is 12.8 Å². The lowest BCUT2D eigenvalue weighted by Gasteiger charge is -2.20. The zero-order chi connectivity index (χ0) is 16.4. The molecule has 0 amide bonds. The molecule has 1 unspecified atom stereocenters. The number of benzene rings is 1. The van der Waals surface area contributed by atoms with Gasteiger partial charge in [0.25, 0.3) is 0 Å². The Bertz CT molecular complexity index is 592. The summed E-state index contributed by atoms with van der Waals surface area (Å²) in [5, 5.41) is 11.7. The van der Waals surface area contributed by atoms with Crippen molar-refractivity contribution < 1.29 is 19.0 Å². The Morgan fingerprint density at radius 2 is 1.95 bits per heavy atom. The molecule has 0 aromatic heterocycles. The molecule has 1 aromatic rings. The van der Waals surface area contributed by atoms with Gasteiger partial charge in [-0.15, -0.1) is 0 Å². The fourth-order valence-corrected chi connectivity index (χ4v) is 3.51. The third kappa shape index (κ3) is 5.19. The minimum atomic E-state index is -3.83. The van der Waals surface area contributed by atoms with E-state index in [9.17, 15) is 9.36 Å². The highest BCUT2D eigenvalue weighted by Crippen LogP contribution is 2.50. The number of carboxylic acids is 1. The van der Waals surface area contributed by atoms with Crippen molar-refractivity contribution >= 4 is 35.7 Å². The Balaban J connectivity index is 3.09. The summed E-state index contributed by atoms with van der Waals surface area (Å²) in [6, 6.07) is 2.28. The van der Waals surface area contributed by atoms with Crippen molar-refractivity contribution in [2.45, 2.75) is 39.7 Å². The number of hydrogen-bond donors (Lipinski definition) is 2. The summed E-state index contributed by atoms with van der Waals surface area (Å²) < 4.78 is 17.5. The van der Waals surface area contributed by atoms with E-state index in [0.29, 0.717) is 10.8 Å². The SMILES string of the molecule is Cc1cc(OP(=O)(Cl)N[C@@H](C)C(=O)O)c(C(C)C)cc1Cl. The molecule has 1 aromatic carbocycles. The summed E-state index contributed by atoms with van der Waals surface area (Å²) in [5.74, 6) is -0.766. The third-order valence-electron chi connectivity index (χ3n) is 2.85. The van der Waals surface area contributed by atoms with Gasteiger partial charge in [0.2, 0.25) is 0 Å². The third-order valence-corrected chi connectivity index (χ3v) is 4.88. The first-order chi connectivity index (χ1) is 9.53. The summed E-state index contributed by atoms with van der Waals surface area (Å²) in [7, 11) is 0. The smallest absolute Gasteiger partial charge is 0.409 e. The molecule has 1 rings (SSSR count). The molecule has 0 aliphatic heterocycles. The number of aliphatic carboxylic acids is 1. The van der Waals surface area contributed by atoms with Gasteiger partial charge in [0.05, 0.1) is 0 Å². The van der Waals surface area contributed by atoms with Gasteiger partial charge in [-0.25, -0.2) is 9.65 Å². The molecule has 8 heteroatoms. The van der Waals surface area contributed by atoms with E-state index in [2.05, 4.69) is 5.09 Å². The van der Waals surface area contributed by atoms with Crippen LogP contribution in [0.4, 0.5) is 0 Å². The molecule has 2 atom stereocenters. The van der Waals surface area contributed by atoms with Gasteiger partial charge in [0.1, 0.15) is 11.8 Å². The average Bonchev–Trinajstić information content (AvgIpc) is 2.31. The minimum absolute atomic E-state index is 0.0756. The average molecular weight is 354 g/mol. The van der Waals surface area contributed by atoms with Crippen LogP contribution in [0, 0.1) is 6.92 Å². The highest BCUT2D eigenvalue weighted by atomic mass is 35.7. The molecule has 0 radical (unpaired) electrons. The Kier molecular flexibility index (Phi) is 6.11. The maximum Gasteiger partial charge on any atom is 0.409 e. The number of carboxylic acid groups (broad SMARTS) is 1. The fraction of sp³-hybridized carbons (Fsp3) is 0.462. The molecule has 21 heavy (non-hydrogen) atoms. The monoisotopic (exact) mass is 353 g/mol. The lowest BCUT2D eigenvalue weighted by Crippen LogP contribution is -2.31. The van der Waals surface area contributed by atoms with Crippen molar-refractivity contribution in [2.24, 2.45) is 0 Å². The molecule has 0 aliphatic carbocycles. The zero-order valence-electron chi connectivity index (χ0n) is 12.2. The van der Waals surface area contributed by atoms with E-state index >= 15 is 0 Å². The second-order valence-corrected chi connectivity index (χ2v) is 8.20. The summed E-state index contributed by atoms with van der Waals surface area (Å²) in [6.45, 7) is 3.15. The lowest BCUT2D eigenvalue weighted by atomic mass is 10.0. The van der Waals surface area contributed by atoms with Gasteiger partial charge in [0, 0.05) is 16.3 Å². The first kappa shape index (κ1) is 18.3. The van der Waals surface area contributed by atoms with Crippen molar-refractivity contribution in [1.29, 1.82) is 0 Å². The summed E-state index contributed by atoms with van der Waals surface area (Å²) in [5.41, 5.74) is 1.50. The van der Waals surface area contributed by atoms with E-state index in [1.54, 1.807) is 19.1 Å². The van der Waals surface area contributed by atoms with E-state index in [-0.39, 0.29) is 5.92 Å². The Hall–Kier alpha value is -0.740. The van der Waals surface area contributed by atoms with E-state index in [0.717, 1.165) is 11.1 Å². The van der Waals surface area contributed by atoms with Gasteiger partial charge in [-0.2, -0.15) is 0 Å². The van der Waals surface area contributed by atoms with Gasteiger partial charge in [-0.3, -0.25) is 4.79 Å². The van der Waals surface area contributed by atoms with Crippen LogP contribution in [0.1, 0.15) is 37.8 Å². The maximum atomic E-state index is 12.2. The predicted octanol–water partition coefficient (Wildman–Crippen LogP) is 4.56. The quantitative estimate of drug-likeness (QED) is 0.733. The highest BCUT2D eigenvalue weighted by Gasteiger charge is 2.28. The largest absolute Gasteiger partial charge is 0.480 e. The molecule has 0 heterocycles. The molecule has 0 saturated carbocycles. The van der Waals surface area contributed by atoms with Crippen molar-refractivity contribution in [3.8, 4) is 5.75 Å². The number of rotatable bonds is 6. The van der Waals surface area contributed by atoms with Crippen LogP contribution in [-0.2, 0) is 9.36 Å². The van der Waals surface area contributed by atoms with Gasteiger partial charge in [0.15, 0.2) is 0 Å². The predicted molar refractivity (Wildman–Crippen MR) is 84.6 cm³/mol. The van der Waals surface area contributed by atoms with Crippen LogP contribution in [0.5, 0.6) is 5.75 Å². The lowest BCUT2D eigenvalue weighted by molar-refractivity contribution is -0.138. The second kappa shape index (κ2) is 7.01. The minimum Gasteiger partial charge on any atom is -0.480 e. The Morgan fingerprint density at radius 3 is 2.43 bits per heavy atom. The molecule has 2 N–H and O–H groups in total. The van der Waals surface area contributed by atoms with Gasteiger partial charge < -0.3 is 9.63 Å². The normalized spacial score (nSPS) is 15.6. The zero-order valence-corrected chi connectivity index (χ0v) is 14.6. The number of halogens is 2.